The number of halogens is 2. The van der Waals surface area contributed by atoms with Gasteiger partial charge >= 0.3 is 0 Å². The number of rotatable bonds is 9. The Hall–Kier alpha value is -2.71. The lowest BCUT2D eigenvalue weighted by molar-refractivity contribution is 0.0994. The Morgan fingerprint density at radius 2 is 2.03 bits per heavy atom. The number of nitrogens with two attached hydrogens (primary N) is 1. The lowest BCUT2D eigenvalue weighted by Gasteiger charge is -2.22. The van der Waals surface area contributed by atoms with Gasteiger partial charge in [0.2, 0.25) is 0 Å². The maximum Gasteiger partial charge on any atom is 0.268 e. The Morgan fingerprint density at radius 3 is 2.67 bits per heavy atom. The topological polar surface area (TPSA) is 90.4 Å². The maximum atomic E-state index is 13.8. The Kier molecular flexibility index (Phi) is 7.23. The Balaban J connectivity index is 1.72. The monoisotopic (exact) mass is 475 g/mol. The molecule has 2 aromatic carbocycles. The number of aliphatic hydroxyl groups is 1. The van der Waals surface area contributed by atoms with Gasteiger partial charge in [-0.25, -0.2) is 9.37 Å². The highest BCUT2D eigenvalue weighted by molar-refractivity contribution is 9.10. The van der Waals surface area contributed by atoms with Crippen LogP contribution in [0.2, 0.25) is 0 Å². The molecule has 2 atom stereocenters. The molecule has 0 aliphatic carbocycles. The van der Waals surface area contributed by atoms with Crippen molar-refractivity contribution in [2.75, 3.05) is 0 Å². The van der Waals surface area contributed by atoms with Crippen LogP contribution in [0.5, 0.6) is 5.75 Å². The summed E-state index contributed by atoms with van der Waals surface area (Å²) in [7, 11) is 0. The smallest absolute Gasteiger partial charge is 0.268 e. The molecule has 158 valence electrons. The van der Waals surface area contributed by atoms with Gasteiger partial charge in [-0.1, -0.05) is 34.1 Å². The Morgan fingerprint density at radius 1 is 1.30 bits per heavy atom. The largest absolute Gasteiger partial charge is 0.489 e. The van der Waals surface area contributed by atoms with Crippen LogP contribution < -0.4 is 10.5 Å². The molecule has 3 aromatic rings. The molecule has 1 aromatic heterocycles. The summed E-state index contributed by atoms with van der Waals surface area (Å²) in [6.07, 6.45) is 3.39. The lowest BCUT2D eigenvalue weighted by Crippen LogP contribution is -2.21. The third-order valence-electron chi connectivity index (χ3n) is 4.84. The number of amides is 1. The van der Waals surface area contributed by atoms with Crippen LogP contribution in [0.15, 0.2) is 59.5 Å². The predicted molar refractivity (Wildman–Crippen MR) is 115 cm³/mol. The fourth-order valence-corrected chi connectivity index (χ4v) is 3.46. The van der Waals surface area contributed by atoms with Crippen molar-refractivity contribution in [2.45, 2.75) is 38.5 Å². The van der Waals surface area contributed by atoms with Crippen LogP contribution in [0.25, 0.3) is 0 Å². The van der Waals surface area contributed by atoms with Crippen molar-refractivity contribution in [1.82, 2.24) is 9.55 Å². The molecule has 0 aliphatic heterocycles. The number of hydrogen-bond acceptors (Lipinski definition) is 4. The minimum Gasteiger partial charge on any atom is -0.489 e. The highest BCUT2D eigenvalue weighted by Crippen LogP contribution is 2.27. The van der Waals surface area contributed by atoms with Crippen molar-refractivity contribution in [3.63, 3.8) is 0 Å². The minimum atomic E-state index is -0.687. The Bertz CT molecular complexity index is 1010. The van der Waals surface area contributed by atoms with Gasteiger partial charge in [0.25, 0.3) is 5.91 Å². The number of primary amides is 1. The molecule has 0 spiro atoms. The summed E-state index contributed by atoms with van der Waals surface area (Å²) in [6.45, 7) is 1.98. The number of carbonyl (C=O) groups is 1. The average molecular weight is 476 g/mol. The fourth-order valence-electron chi connectivity index (χ4n) is 3.20. The minimum absolute atomic E-state index is 0.140. The average Bonchev–Trinajstić information content (AvgIpc) is 3.19. The second-order valence-electron chi connectivity index (χ2n) is 7.08. The van der Waals surface area contributed by atoms with Gasteiger partial charge in [-0.15, -0.1) is 0 Å². The van der Waals surface area contributed by atoms with E-state index in [1.54, 1.807) is 17.6 Å². The van der Waals surface area contributed by atoms with Crippen molar-refractivity contribution in [1.29, 1.82) is 0 Å². The molecule has 1 heterocycles. The second-order valence-corrected chi connectivity index (χ2v) is 8.00. The van der Waals surface area contributed by atoms with Crippen LogP contribution in [0, 0.1) is 5.82 Å². The summed E-state index contributed by atoms with van der Waals surface area (Å²) in [5.74, 6) is -0.539. The number of aliphatic hydroxyl groups excluding tert-OH is 1. The van der Waals surface area contributed by atoms with E-state index in [-0.39, 0.29) is 17.6 Å². The molecule has 30 heavy (non-hydrogen) atoms. The molecule has 3 N–H and O–H groups in total. The normalized spacial score (nSPS) is 13.1. The number of ether oxygens (including phenoxy) is 1. The number of benzene rings is 2. The van der Waals surface area contributed by atoms with E-state index in [4.69, 9.17) is 10.5 Å². The third kappa shape index (κ3) is 5.67. The Labute approximate surface area is 182 Å². The van der Waals surface area contributed by atoms with E-state index in [1.807, 2.05) is 24.3 Å². The molecule has 0 radical (unpaired) electrons. The van der Waals surface area contributed by atoms with Gasteiger partial charge in [0.1, 0.15) is 23.9 Å². The van der Waals surface area contributed by atoms with Crippen LogP contribution >= 0.6 is 15.9 Å². The number of carbonyl (C=O) groups excluding carboxylic acids is 1. The second kappa shape index (κ2) is 9.86. The van der Waals surface area contributed by atoms with Crippen molar-refractivity contribution in [3.8, 4) is 5.75 Å². The molecule has 0 unspecified atom stereocenters. The number of imidazole rings is 1. The van der Waals surface area contributed by atoms with Gasteiger partial charge in [-0.05, 0) is 49.1 Å². The number of hydrogen-bond donors (Lipinski definition) is 2. The van der Waals surface area contributed by atoms with E-state index in [0.29, 0.717) is 25.2 Å². The van der Waals surface area contributed by atoms with Crippen molar-refractivity contribution in [3.05, 3.63) is 82.1 Å². The molecule has 3 rings (SSSR count). The first-order chi connectivity index (χ1) is 14.3. The van der Waals surface area contributed by atoms with Gasteiger partial charge in [0, 0.05) is 16.7 Å². The number of aromatic nitrogens is 2. The molecule has 0 bridgehead atoms. The molecule has 0 aliphatic rings. The highest BCUT2D eigenvalue weighted by atomic mass is 79.9. The number of aryl methyl sites for hydroxylation is 1. The predicted octanol–water partition coefficient (Wildman–Crippen LogP) is 4.02. The quantitative estimate of drug-likeness (QED) is 0.488. The highest BCUT2D eigenvalue weighted by Gasteiger charge is 2.19. The summed E-state index contributed by atoms with van der Waals surface area (Å²) in [4.78, 5) is 15.3. The number of nitrogens with zero attached hydrogens (tertiary/aromatic N) is 2. The zero-order chi connectivity index (χ0) is 21.7. The van der Waals surface area contributed by atoms with Gasteiger partial charge in [0.05, 0.1) is 18.5 Å². The molecular formula is C22H23BrFN3O3. The summed E-state index contributed by atoms with van der Waals surface area (Å²) in [5.41, 5.74) is 7.19. The molecule has 0 saturated carbocycles. The van der Waals surface area contributed by atoms with Crippen molar-refractivity contribution >= 4 is 21.8 Å². The summed E-state index contributed by atoms with van der Waals surface area (Å²) in [6, 6.07) is 11.8. The van der Waals surface area contributed by atoms with E-state index in [1.165, 1.54) is 24.7 Å². The van der Waals surface area contributed by atoms with E-state index >= 15 is 0 Å². The molecule has 0 fully saturated rings. The molecule has 8 heteroatoms. The first kappa shape index (κ1) is 22.0. The van der Waals surface area contributed by atoms with Crippen LogP contribution in [-0.2, 0) is 13.0 Å². The van der Waals surface area contributed by atoms with E-state index < -0.39 is 12.0 Å². The first-order valence-corrected chi connectivity index (χ1v) is 10.3. The molecular weight excluding hydrogens is 453 g/mol. The maximum absolute atomic E-state index is 13.8. The van der Waals surface area contributed by atoms with E-state index in [0.717, 1.165) is 15.6 Å². The van der Waals surface area contributed by atoms with Gasteiger partial charge in [0.15, 0.2) is 0 Å². The van der Waals surface area contributed by atoms with Crippen LogP contribution in [-0.4, -0.2) is 26.7 Å². The summed E-state index contributed by atoms with van der Waals surface area (Å²) in [5, 5.41) is 10.2. The zero-order valence-electron chi connectivity index (χ0n) is 16.5. The van der Waals surface area contributed by atoms with Crippen LogP contribution in [0.4, 0.5) is 4.39 Å². The van der Waals surface area contributed by atoms with Crippen molar-refractivity contribution < 1.29 is 19.0 Å². The molecule has 6 nitrogen and oxygen atoms in total. The van der Waals surface area contributed by atoms with Gasteiger partial charge in [-0.2, -0.15) is 0 Å². The SMILES string of the molecule is C[C@H](O)[C@@H](CCc1ccc(F)cc1OCc1ccc(Br)cc1)n1cnc(C(N)=O)c1. The van der Waals surface area contributed by atoms with E-state index in [9.17, 15) is 14.3 Å². The lowest BCUT2D eigenvalue weighted by atomic mass is 10.0. The molecule has 0 saturated heterocycles. The molecule has 1 amide bonds. The van der Waals surface area contributed by atoms with E-state index in [2.05, 4.69) is 20.9 Å². The van der Waals surface area contributed by atoms with Crippen LogP contribution in [0.1, 0.15) is 41.0 Å². The standard InChI is InChI=1S/C22H23BrFN3O3/c1-14(28)20(27-11-19(22(25)29)26-13-27)9-5-16-4-8-18(24)10-21(16)30-12-15-2-6-17(23)7-3-15/h2-4,6-8,10-11,13-14,20,28H,5,9,12H2,1H3,(H2,25,29)/t14-,20+/m0/s1. The van der Waals surface area contributed by atoms with Crippen LogP contribution in [0.3, 0.4) is 0 Å². The van der Waals surface area contributed by atoms with Crippen molar-refractivity contribution in [2.24, 2.45) is 5.73 Å². The summed E-state index contributed by atoms with van der Waals surface area (Å²) < 4.78 is 22.3. The fraction of sp³-hybridized carbons (Fsp3) is 0.273. The zero-order valence-corrected chi connectivity index (χ0v) is 18.0. The third-order valence-corrected chi connectivity index (χ3v) is 5.37. The van der Waals surface area contributed by atoms with Gasteiger partial charge in [-0.3, -0.25) is 4.79 Å². The summed E-state index contributed by atoms with van der Waals surface area (Å²) >= 11 is 3.39. The first-order valence-electron chi connectivity index (χ1n) is 9.50. The van der Waals surface area contributed by atoms with Gasteiger partial charge < -0.3 is 20.1 Å².